The third kappa shape index (κ3) is 18.8. The molecule has 1 aliphatic rings. The Hall–Kier alpha value is -6.07. The molecule has 18 heteroatoms. The van der Waals surface area contributed by atoms with E-state index in [2.05, 4.69) is 42.5 Å². The Bertz CT molecular complexity index is 1730. The lowest BCUT2D eigenvalue weighted by atomic mass is 10.0. The van der Waals surface area contributed by atoms with Crippen molar-refractivity contribution >= 4 is 41.8 Å². The van der Waals surface area contributed by atoms with Crippen LogP contribution in [0.1, 0.15) is 78.4 Å². The molecule has 10 N–H and O–H groups in total. The van der Waals surface area contributed by atoms with Crippen molar-refractivity contribution in [2.75, 3.05) is 26.2 Å². The van der Waals surface area contributed by atoms with Crippen LogP contribution in [-0.2, 0) is 36.8 Å². The van der Waals surface area contributed by atoms with Crippen molar-refractivity contribution in [1.29, 1.82) is 0 Å². The van der Waals surface area contributed by atoms with E-state index in [1.54, 1.807) is 75.4 Å². The summed E-state index contributed by atoms with van der Waals surface area (Å²) in [7, 11) is 0. The van der Waals surface area contributed by atoms with Crippen molar-refractivity contribution in [1.82, 2.24) is 42.5 Å². The minimum atomic E-state index is -1.20. The maximum absolute atomic E-state index is 14.2. The van der Waals surface area contributed by atoms with Crippen molar-refractivity contribution in [3.05, 3.63) is 65.7 Å². The average Bonchev–Trinajstić information content (AvgIpc) is 3.14. The molecule has 9 amide bonds. The van der Waals surface area contributed by atoms with Crippen LogP contribution in [0, 0.1) is 0 Å². The summed E-state index contributed by atoms with van der Waals surface area (Å²) >= 11 is 0. The number of benzene rings is 2. The molecular weight excluding hydrogens is 763 g/mol. The Morgan fingerprint density at radius 3 is 2.08 bits per heavy atom. The summed E-state index contributed by atoms with van der Waals surface area (Å²) in [5.41, 5.74) is 5.22. The number of amides is 9. The van der Waals surface area contributed by atoms with Gasteiger partial charge in [0, 0.05) is 39.0 Å². The topological polar surface area (TPSA) is 260 Å². The predicted molar refractivity (Wildman–Crippen MR) is 220 cm³/mol. The molecule has 18 nitrogen and oxygen atoms in total. The molecule has 0 aliphatic carbocycles. The third-order valence-electron chi connectivity index (χ3n) is 8.62. The Balaban J connectivity index is 1.92. The van der Waals surface area contributed by atoms with Gasteiger partial charge in [-0.25, -0.2) is 14.4 Å². The lowest BCUT2D eigenvalue weighted by Gasteiger charge is -2.27. The van der Waals surface area contributed by atoms with E-state index in [0.29, 0.717) is 29.7 Å². The van der Waals surface area contributed by atoms with Gasteiger partial charge in [0.05, 0.1) is 0 Å². The number of nitrogens with one attached hydrogen (secondary N) is 8. The fraction of sp³-hybridized carbons (Fsp3) is 0.537. The predicted octanol–water partition coefficient (Wildman–Crippen LogP) is 1.65. The van der Waals surface area contributed by atoms with Crippen LogP contribution in [0.25, 0.3) is 0 Å². The van der Waals surface area contributed by atoms with Gasteiger partial charge in [-0.3, -0.25) is 19.2 Å². The first-order valence-electron chi connectivity index (χ1n) is 19.8. The van der Waals surface area contributed by atoms with Crippen LogP contribution in [0.2, 0.25) is 0 Å². The number of primary amides is 1. The largest absolute Gasteiger partial charge is 0.488 e. The molecule has 1 aliphatic heterocycles. The second-order valence-corrected chi connectivity index (χ2v) is 16.2. The van der Waals surface area contributed by atoms with Crippen LogP contribution in [0.3, 0.4) is 0 Å². The molecule has 0 radical (unpaired) electrons. The van der Waals surface area contributed by atoms with Crippen LogP contribution >= 0.6 is 0 Å². The third-order valence-corrected chi connectivity index (χ3v) is 8.62. The number of alkyl carbamates (subject to hydrolysis) is 1. The molecule has 1 heterocycles. The lowest BCUT2D eigenvalue weighted by Crippen LogP contribution is -2.59. The summed E-state index contributed by atoms with van der Waals surface area (Å²) < 4.78 is 11.4. The van der Waals surface area contributed by atoms with Crippen molar-refractivity contribution in [2.24, 2.45) is 5.73 Å². The van der Waals surface area contributed by atoms with Gasteiger partial charge >= 0.3 is 18.2 Å². The average molecular weight is 824 g/mol. The van der Waals surface area contributed by atoms with Gasteiger partial charge < -0.3 is 57.7 Å². The van der Waals surface area contributed by atoms with Crippen molar-refractivity contribution < 1.29 is 43.0 Å². The van der Waals surface area contributed by atoms with E-state index in [1.165, 1.54) is 0 Å². The van der Waals surface area contributed by atoms with Gasteiger partial charge in [-0.1, -0.05) is 42.5 Å². The van der Waals surface area contributed by atoms with Gasteiger partial charge in [0.1, 0.15) is 41.1 Å². The summed E-state index contributed by atoms with van der Waals surface area (Å²) in [5.74, 6) is -2.02. The van der Waals surface area contributed by atoms with Crippen LogP contribution in [-0.4, -0.2) is 103 Å². The van der Waals surface area contributed by atoms with E-state index < -0.39 is 77.2 Å². The standard InChI is InChI=1S/C41H61N9O9/c1-40(2,3)58-28-17-15-27(16-18-28)25-32(50-39(57)59-41(4,5)6)36(54)47-29-14-10-11-20-45-38(56)46-21-19-30(33(51)43-22-23-44-37(42)55)48-35(53)31(49-34(29)52)24-26-12-8-7-9-13-26/h7-9,12-13,15-18,29-32H,10-11,14,19-25H2,1-6H3,(H,43,51)(H,47,54)(H,48,53)(H,49,52)(H,50,57)(H3,42,44,55)(H2,45,46,56)/t29-,30+,31+,32+/m1/s1. The fourth-order valence-corrected chi connectivity index (χ4v) is 5.92. The minimum Gasteiger partial charge on any atom is -0.488 e. The molecular formula is C41H61N9O9. The van der Waals surface area contributed by atoms with E-state index in [9.17, 15) is 33.6 Å². The summed E-state index contributed by atoms with van der Waals surface area (Å²) in [5, 5.41) is 21.3. The summed E-state index contributed by atoms with van der Waals surface area (Å²) in [6.45, 7) is 11.2. The SMILES string of the molecule is CC(C)(C)OC(=O)N[C@@H](Cc1ccc(OC(C)(C)C)cc1)C(=O)N[C@@H]1CCCCNC(=O)NCC[C@@H](C(=O)NCCNC(N)=O)NC(=O)[C@H](Cc2ccccc2)NC1=O. The molecule has 3 rings (SSSR count). The zero-order valence-electron chi connectivity index (χ0n) is 34.8. The van der Waals surface area contributed by atoms with E-state index >= 15 is 0 Å². The van der Waals surface area contributed by atoms with Crippen LogP contribution < -0.4 is 53.0 Å². The second kappa shape index (κ2) is 22.8. The number of rotatable bonds is 12. The maximum atomic E-state index is 14.2. The number of hydrogen-bond donors (Lipinski definition) is 9. The first kappa shape index (κ1) is 47.3. The van der Waals surface area contributed by atoms with Gasteiger partial charge in [-0.05, 0) is 90.5 Å². The van der Waals surface area contributed by atoms with E-state index in [-0.39, 0.29) is 51.9 Å². The smallest absolute Gasteiger partial charge is 0.408 e. The molecule has 1 saturated heterocycles. The van der Waals surface area contributed by atoms with Gasteiger partial charge in [0.2, 0.25) is 23.6 Å². The molecule has 0 unspecified atom stereocenters. The summed E-state index contributed by atoms with van der Waals surface area (Å²) in [4.78, 5) is 92.2. The Morgan fingerprint density at radius 1 is 0.780 bits per heavy atom. The quantitative estimate of drug-likeness (QED) is 0.141. The highest BCUT2D eigenvalue weighted by Gasteiger charge is 2.32. The molecule has 0 bridgehead atoms. The zero-order chi connectivity index (χ0) is 43.6. The molecule has 2 aromatic carbocycles. The molecule has 0 aromatic heterocycles. The number of urea groups is 2. The first-order valence-corrected chi connectivity index (χ1v) is 19.8. The normalized spacial score (nSPS) is 18.9. The molecule has 1 fully saturated rings. The number of carbonyl (C=O) groups is 7. The molecule has 4 atom stereocenters. The van der Waals surface area contributed by atoms with Crippen LogP contribution in [0.4, 0.5) is 14.4 Å². The maximum Gasteiger partial charge on any atom is 0.408 e. The molecule has 2 aromatic rings. The lowest BCUT2D eigenvalue weighted by molar-refractivity contribution is -0.134. The second-order valence-electron chi connectivity index (χ2n) is 16.2. The van der Waals surface area contributed by atoms with Gasteiger partial charge in [-0.15, -0.1) is 0 Å². The van der Waals surface area contributed by atoms with Crippen molar-refractivity contribution in [2.45, 2.75) is 115 Å². The monoisotopic (exact) mass is 823 g/mol. The first-order chi connectivity index (χ1) is 27.8. The number of carbonyl (C=O) groups excluding carboxylic acids is 7. The Labute approximate surface area is 345 Å². The van der Waals surface area contributed by atoms with Gasteiger partial charge in [0.25, 0.3) is 0 Å². The zero-order valence-corrected chi connectivity index (χ0v) is 34.8. The molecule has 0 saturated carbocycles. The fourth-order valence-electron chi connectivity index (χ4n) is 5.92. The highest BCUT2D eigenvalue weighted by molar-refractivity contribution is 5.95. The highest BCUT2D eigenvalue weighted by Crippen LogP contribution is 2.20. The summed E-state index contributed by atoms with van der Waals surface area (Å²) in [6.07, 6.45) is 0.178. The number of nitrogens with two attached hydrogens (primary N) is 1. The molecule has 59 heavy (non-hydrogen) atoms. The minimum absolute atomic E-state index is 0.00267. The van der Waals surface area contributed by atoms with E-state index in [1.807, 2.05) is 20.8 Å². The number of ether oxygens (including phenoxy) is 2. The van der Waals surface area contributed by atoms with Crippen LogP contribution in [0.15, 0.2) is 54.6 Å². The van der Waals surface area contributed by atoms with E-state index in [0.717, 1.165) is 0 Å². The Kier molecular flexibility index (Phi) is 18.2. The van der Waals surface area contributed by atoms with Gasteiger partial charge in [0.15, 0.2) is 0 Å². The van der Waals surface area contributed by atoms with Crippen LogP contribution in [0.5, 0.6) is 5.75 Å². The van der Waals surface area contributed by atoms with Crippen molar-refractivity contribution in [3.8, 4) is 5.75 Å². The van der Waals surface area contributed by atoms with Gasteiger partial charge in [-0.2, -0.15) is 0 Å². The van der Waals surface area contributed by atoms with Crippen molar-refractivity contribution in [3.63, 3.8) is 0 Å². The molecule has 0 spiro atoms. The Morgan fingerprint density at radius 2 is 1.44 bits per heavy atom. The number of hydrogen-bond acceptors (Lipinski definition) is 9. The van der Waals surface area contributed by atoms with E-state index in [4.69, 9.17) is 15.2 Å². The highest BCUT2D eigenvalue weighted by atomic mass is 16.6. The summed E-state index contributed by atoms with van der Waals surface area (Å²) in [6, 6.07) is 10.0. The molecule has 324 valence electrons.